The molecule has 1 atom stereocenters. The zero-order valence-electron chi connectivity index (χ0n) is 14.1. The summed E-state index contributed by atoms with van der Waals surface area (Å²) >= 11 is 12.4. The standard InChI is InChI=1S/C20H18Cl2N2O2/c1-13-9-10-15(21)20(18(13)22)24-17(25)12-23-19(16-8-5-11-26-16)14-6-3-2-4-7-14/h2-11,19,23H,12H2,1H3,(H,24,25)/t19-/m1/s1. The first kappa shape index (κ1) is 18.5. The van der Waals surface area contributed by atoms with Gasteiger partial charge in [-0.3, -0.25) is 10.1 Å². The minimum absolute atomic E-state index is 0.0703. The van der Waals surface area contributed by atoms with Gasteiger partial charge in [0.15, 0.2) is 0 Å². The van der Waals surface area contributed by atoms with Crippen molar-refractivity contribution in [3.8, 4) is 0 Å². The van der Waals surface area contributed by atoms with Crippen LogP contribution in [0.1, 0.15) is 22.9 Å². The Morgan fingerprint density at radius 3 is 2.54 bits per heavy atom. The van der Waals surface area contributed by atoms with Crippen LogP contribution in [-0.4, -0.2) is 12.5 Å². The fourth-order valence-electron chi connectivity index (χ4n) is 2.63. The first-order chi connectivity index (χ1) is 12.6. The number of amides is 1. The molecule has 0 aliphatic rings. The topological polar surface area (TPSA) is 54.3 Å². The van der Waals surface area contributed by atoms with E-state index in [9.17, 15) is 4.79 Å². The number of carbonyl (C=O) groups excluding carboxylic acids is 1. The van der Waals surface area contributed by atoms with Crippen LogP contribution in [0.3, 0.4) is 0 Å². The van der Waals surface area contributed by atoms with Crippen molar-refractivity contribution >= 4 is 34.8 Å². The highest BCUT2D eigenvalue weighted by Gasteiger charge is 2.18. The van der Waals surface area contributed by atoms with Crippen LogP contribution in [0.2, 0.25) is 10.0 Å². The predicted octanol–water partition coefficient (Wildman–Crippen LogP) is 5.21. The average Bonchev–Trinajstić information content (AvgIpc) is 3.17. The summed E-state index contributed by atoms with van der Waals surface area (Å²) in [4.78, 5) is 12.4. The van der Waals surface area contributed by atoms with E-state index in [1.165, 1.54) is 0 Å². The van der Waals surface area contributed by atoms with Crippen molar-refractivity contribution in [1.29, 1.82) is 0 Å². The zero-order valence-corrected chi connectivity index (χ0v) is 15.6. The van der Waals surface area contributed by atoms with Gasteiger partial charge in [-0.15, -0.1) is 0 Å². The lowest BCUT2D eigenvalue weighted by molar-refractivity contribution is -0.115. The SMILES string of the molecule is Cc1ccc(Cl)c(NC(=O)CN[C@H](c2ccccc2)c2ccco2)c1Cl. The van der Waals surface area contributed by atoms with Crippen LogP contribution in [0.25, 0.3) is 0 Å². The van der Waals surface area contributed by atoms with Gasteiger partial charge in [-0.05, 0) is 36.2 Å². The highest BCUT2D eigenvalue weighted by Crippen LogP contribution is 2.32. The second-order valence-electron chi connectivity index (χ2n) is 5.84. The number of anilines is 1. The van der Waals surface area contributed by atoms with Crippen molar-refractivity contribution in [2.45, 2.75) is 13.0 Å². The Kier molecular flexibility index (Phi) is 5.99. The number of furan rings is 1. The fourth-order valence-corrected chi connectivity index (χ4v) is 3.10. The van der Waals surface area contributed by atoms with E-state index < -0.39 is 0 Å². The summed E-state index contributed by atoms with van der Waals surface area (Å²) in [7, 11) is 0. The molecule has 1 heterocycles. The van der Waals surface area contributed by atoms with Gasteiger partial charge in [-0.1, -0.05) is 59.6 Å². The smallest absolute Gasteiger partial charge is 0.238 e. The van der Waals surface area contributed by atoms with Crippen LogP contribution in [-0.2, 0) is 4.79 Å². The molecule has 0 bridgehead atoms. The lowest BCUT2D eigenvalue weighted by atomic mass is 10.0. The Bertz CT molecular complexity index is 880. The van der Waals surface area contributed by atoms with Crippen molar-refractivity contribution < 1.29 is 9.21 Å². The summed E-state index contributed by atoms with van der Waals surface area (Å²) < 4.78 is 5.52. The Morgan fingerprint density at radius 2 is 1.85 bits per heavy atom. The fraction of sp³-hybridized carbons (Fsp3) is 0.150. The van der Waals surface area contributed by atoms with Crippen molar-refractivity contribution in [3.05, 3.63) is 87.8 Å². The van der Waals surface area contributed by atoms with E-state index in [4.69, 9.17) is 27.6 Å². The summed E-state index contributed by atoms with van der Waals surface area (Å²) in [5, 5.41) is 6.84. The zero-order chi connectivity index (χ0) is 18.5. The van der Waals surface area contributed by atoms with Gasteiger partial charge in [0.05, 0.1) is 34.6 Å². The minimum Gasteiger partial charge on any atom is -0.467 e. The molecule has 0 aliphatic heterocycles. The van der Waals surface area contributed by atoms with Gasteiger partial charge in [0, 0.05) is 0 Å². The van der Waals surface area contributed by atoms with Crippen molar-refractivity contribution in [3.63, 3.8) is 0 Å². The van der Waals surface area contributed by atoms with Crippen LogP contribution in [0.5, 0.6) is 0 Å². The quantitative estimate of drug-likeness (QED) is 0.608. The molecule has 4 nitrogen and oxygen atoms in total. The number of benzene rings is 2. The molecule has 2 aromatic carbocycles. The first-order valence-corrected chi connectivity index (χ1v) is 8.88. The van der Waals surface area contributed by atoms with Crippen molar-refractivity contribution in [2.24, 2.45) is 0 Å². The number of nitrogens with one attached hydrogen (secondary N) is 2. The second-order valence-corrected chi connectivity index (χ2v) is 6.63. The predicted molar refractivity (Wildman–Crippen MR) is 105 cm³/mol. The Hall–Kier alpha value is -2.27. The number of rotatable bonds is 6. The largest absolute Gasteiger partial charge is 0.467 e. The molecule has 0 spiro atoms. The Balaban J connectivity index is 1.72. The molecule has 3 rings (SSSR count). The molecule has 26 heavy (non-hydrogen) atoms. The summed E-state index contributed by atoms with van der Waals surface area (Å²) in [6.07, 6.45) is 1.61. The van der Waals surface area contributed by atoms with E-state index in [-0.39, 0.29) is 18.5 Å². The third-order valence-corrected chi connectivity index (χ3v) is 4.78. The van der Waals surface area contributed by atoms with Crippen LogP contribution in [0.15, 0.2) is 65.3 Å². The van der Waals surface area contributed by atoms with Gasteiger partial charge in [0.1, 0.15) is 5.76 Å². The third-order valence-electron chi connectivity index (χ3n) is 3.98. The van der Waals surface area contributed by atoms with E-state index in [1.807, 2.05) is 49.4 Å². The van der Waals surface area contributed by atoms with Crippen LogP contribution in [0, 0.1) is 6.92 Å². The maximum absolute atomic E-state index is 12.4. The minimum atomic E-state index is -0.244. The number of aryl methyl sites for hydroxylation is 1. The van der Waals surface area contributed by atoms with Crippen molar-refractivity contribution in [1.82, 2.24) is 5.32 Å². The molecule has 0 unspecified atom stereocenters. The monoisotopic (exact) mass is 388 g/mol. The van der Waals surface area contributed by atoms with Gasteiger partial charge >= 0.3 is 0 Å². The Labute approximate surface area is 162 Å². The summed E-state index contributed by atoms with van der Waals surface area (Å²) in [5.41, 5.74) is 2.27. The van der Waals surface area contributed by atoms with E-state index >= 15 is 0 Å². The summed E-state index contributed by atoms with van der Waals surface area (Å²) in [5.74, 6) is 0.488. The van der Waals surface area contributed by atoms with Gasteiger partial charge < -0.3 is 9.73 Å². The number of halogens is 2. The van der Waals surface area contributed by atoms with Crippen LogP contribution in [0.4, 0.5) is 5.69 Å². The van der Waals surface area contributed by atoms with E-state index in [1.54, 1.807) is 18.4 Å². The molecule has 0 aliphatic carbocycles. The maximum Gasteiger partial charge on any atom is 0.238 e. The molecule has 3 aromatic rings. The molecule has 2 N–H and O–H groups in total. The van der Waals surface area contributed by atoms with Gasteiger partial charge in [-0.2, -0.15) is 0 Å². The second kappa shape index (κ2) is 8.41. The molecule has 1 aromatic heterocycles. The number of carbonyl (C=O) groups is 1. The normalized spacial score (nSPS) is 12.0. The highest BCUT2D eigenvalue weighted by molar-refractivity contribution is 6.40. The van der Waals surface area contributed by atoms with E-state index in [2.05, 4.69) is 10.6 Å². The molecule has 0 fully saturated rings. The molecule has 0 saturated carbocycles. The van der Waals surface area contributed by atoms with Crippen LogP contribution >= 0.6 is 23.2 Å². The Morgan fingerprint density at radius 1 is 1.08 bits per heavy atom. The highest BCUT2D eigenvalue weighted by atomic mass is 35.5. The first-order valence-electron chi connectivity index (χ1n) is 8.12. The summed E-state index contributed by atoms with van der Waals surface area (Å²) in [6.45, 7) is 1.93. The van der Waals surface area contributed by atoms with Gasteiger partial charge in [-0.25, -0.2) is 0 Å². The number of hydrogen-bond acceptors (Lipinski definition) is 3. The molecule has 0 radical (unpaired) electrons. The maximum atomic E-state index is 12.4. The molecule has 6 heteroatoms. The summed E-state index contributed by atoms with van der Waals surface area (Å²) in [6, 6.07) is 16.8. The van der Waals surface area contributed by atoms with E-state index in [0.29, 0.717) is 15.7 Å². The van der Waals surface area contributed by atoms with Gasteiger partial charge in [0.25, 0.3) is 0 Å². The molecule has 134 valence electrons. The lowest BCUT2D eigenvalue weighted by Crippen LogP contribution is -2.31. The van der Waals surface area contributed by atoms with Crippen LogP contribution < -0.4 is 10.6 Å². The van der Waals surface area contributed by atoms with E-state index in [0.717, 1.165) is 16.9 Å². The number of hydrogen-bond donors (Lipinski definition) is 2. The lowest BCUT2D eigenvalue weighted by Gasteiger charge is -2.17. The van der Waals surface area contributed by atoms with Gasteiger partial charge in [0.2, 0.25) is 5.91 Å². The average molecular weight is 389 g/mol. The third kappa shape index (κ3) is 4.28. The molecular weight excluding hydrogens is 371 g/mol. The molecule has 1 amide bonds. The molecular formula is C20H18Cl2N2O2. The molecule has 0 saturated heterocycles. The van der Waals surface area contributed by atoms with Crippen molar-refractivity contribution in [2.75, 3.05) is 11.9 Å².